The molecular formula is C14H18FNO. The second kappa shape index (κ2) is 4.86. The lowest BCUT2D eigenvalue weighted by Gasteiger charge is -2.24. The average Bonchev–Trinajstić information content (AvgIpc) is 3.09. The predicted octanol–water partition coefficient (Wildman–Crippen LogP) is 2.97. The standard InChI is InChI=1S/C14H18FNO/c1-10(2)14(17)16(13-6-7-13)9-11-4-3-5-12(15)8-11/h3-5,8,10,13H,6-7,9H2,1-2H3. The van der Waals surface area contributed by atoms with Gasteiger partial charge in [0.1, 0.15) is 5.82 Å². The molecule has 0 radical (unpaired) electrons. The van der Waals surface area contributed by atoms with Gasteiger partial charge in [-0.2, -0.15) is 0 Å². The topological polar surface area (TPSA) is 20.3 Å². The van der Waals surface area contributed by atoms with Crippen LogP contribution in [0.1, 0.15) is 32.3 Å². The molecule has 17 heavy (non-hydrogen) atoms. The molecule has 3 heteroatoms. The normalized spacial score (nSPS) is 15.1. The van der Waals surface area contributed by atoms with E-state index < -0.39 is 0 Å². The molecule has 0 spiro atoms. The van der Waals surface area contributed by atoms with Gasteiger partial charge >= 0.3 is 0 Å². The summed E-state index contributed by atoms with van der Waals surface area (Å²) in [6.07, 6.45) is 2.15. The highest BCUT2D eigenvalue weighted by Gasteiger charge is 2.33. The van der Waals surface area contributed by atoms with E-state index >= 15 is 0 Å². The molecule has 1 fully saturated rings. The zero-order valence-electron chi connectivity index (χ0n) is 10.3. The van der Waals surface area contributed by atoms with Gasteiger partial charge in [0.25, 0.3) is 0 Å². The molecule has 1 aromatic rings. The number of carbonyl (C=O) groups is 1. The molecule has 0 aliphatic heterocycles. The van der Waals surface area contributed by atoms with Crippen LogP contribution in [0.3, 0.4) is 0 Å². The molecule has 0 unspecified atom stereocenters. The van der Waals surface area contributed by atoms with Crippen molar-refractivity contribution >= 4 is 5.91 Å². The van der Waals surface area contributed by atoms with Crippen molar-refractivity contribution in [3.63, 3.8) is 0 Å². The first-order chi connectivity index (χ1) is 8.08. The van der Waals surface area contributed by atoms with Crippen LogP contribution >= 0.6 is 0 Å². The van der Waals surface area contributed by atoms with Crippen LogP contribution < -0.4 is 0 Å². The van der Waals surface area contributed by atoms with Crippen LogP contribution in [0.15, 0.2) is 24.3 Å². The summed E-state index contributed by atoms with van der Waals surface area (Å²) in [5.41, 5.74) is 0.867. The summed E-state index contributed by atoms with van der Waals surface area (Å²) in [4.78, 5) is 13.9. The summed E-state index contributed by atoms with van der Waals surface area (Å²) >= 11 is 0. The Kier molecular flexibility index (Phi) is 3.46. The average molecular weight is 235 g/mol. The highest BCUT2D eigenvalue weighted by molar-refractivity contribution is 5.78. The van der Waals surface area contributed by atoms with Crippen LogP contribution in [-0.2, 0) is 11.3 Å². The lowest BCUT2D eigenvalue weighted by Crippen LogP contribution is -2.35. The van der Waals surface area contributed by atoms with Gasteiger partial charge in [-0.1, -0.05) is 26.0 Å². The van der Waals surface area contributed by atoms with Crippen molar-refractivity contribution < 1.29 is 9.18 Å². The molecule has 0 N–H and O–H groups in total. The Morgan fingerprint density at radius 2 is 2.18 bits per heavy atom. The number of halogens is 1. The van der Waals surface area contributed by atoms with Gasteiger partial charge < -0.3 is 4.90 Å². The minimum absolute atomic E-state index is 0.00385. The molecule has 2 nitrogen and oxygen atoms in total. The van der Waals surface area contributed by atoms with E-state index in [9.17, 15) is 9.18 Å². The second-order valence-electron chi connectivity index (χ2n) is 4.98. The van der Waals surface area contributed by atoms with Crippen molar-refractivity contribution in [3.05, 3.63) is 35.6 Å². The fourth-order valence-electron chi connectivity index (χ4n) is 1.94. The van der Waals surface area contributed by atoms with Crippen LogP contribution in [0.5, 0.6) is 0 Å². The quantitative estimate of drug-likeness (QED) is 0.785. The van der Waals surface area contributed by atoms with Crippen LogP contribution in [0.4, 0.5) is 4.39 Å². The Morgan fingerprint density at radius 1 is 1.47 bits per heavy atom. The third-order valence-electron chi connectivity index (χ3n) is 3.01. The maximum Gasteiger partial charge on any atom is 0.225 e. The summed E-state index contributed by atoms with van der Waals surface area (Å²) in [6, 6.07) is 6.85. The monoisotopic (exact) mass is 235 g/mol. The first-order valence-electron chi connectivity index (χ1n) is 6.13. The third-order valence-corrected chi connectivity index (χ3v) is 3.01. The molecule has 0 saturated heterocycles. The van der Waals surface area contributed by atoms with Crippen molar-refractivity contribution in [3.8, 4) is 0 Å². The maximum absolute atomic E-state index is 13.1. The van der Waals surface area contributed by atoms with Crippen LogP contribution in [0, 0.1) is 11.7 Å². The van der Waals surface area contributed by atoms with Gasteiger partial charge in [-0.25, -0.2) is 4.39 Å². The van der Waals surface area contributed by atoms with Gasteiger partial charge in [-0.15, -0.1) is 0 Å². The number of carbonyl (C=O) groups excluding carboxylic acids is 1. The summed E-state index contributed by atoms with van der Waals surface area (Å²) in [5, 5.41) is 0. The molecule has 1 aliphatic carbocycles. The predicted molar refractivity (Wildman–Crippen MR) is 64.8 cm³/mol. The number of hydrogen-bond acceptors (Lipinski definition) is 1. The van der Waals surface area contributed by atoms with E-state index in [0.29, 0.717) is 12.6 Å². The molecule has 1 aliphatic rings. The molecule has 0 heterocycles. The Balaban J connectivity index is 2.10. The lowest BCUT2D eigenvalue weighted by atomic mass is 10.1. The van der Waals surface area contributed by atoms with Crippen LogP contribution in [-0.4, -0.2) is 16.8 Å². The molecule has 92 valence electrons. The summed E-state index contributed by atoms with van der Waals surface area (Å²) < 4.78 is 13.1. The van der Waals surface area contributed by atoms with Crippen LogP contribution in [0.25, 0.3) is 0 Å². The summed E-state index contributed by atoms with van der Waals surface area (Å²) in [7, 11) is 0. The highest BCUT2D eigenvalue weighted by Crippen LogP contribution is 2.29. The molecule has 0 bridgehead atoms. The van der Waals surface area contributed by atoms with E-state index in [-0.39, 0.29) is 17.6 Å². The number of benzene rings is 1. The van der Waals surface area contributed by atoms with E-state index in [1.54, 1.807) is 6.07 Å². The highest BCUT2D eigenvalue weighted by atomic mass is 19.1. The SMILES string of the molecule is CC(C)C(=O)N(Cc1cccc(F)c1)C1CC1. The number of rotatable bonds is 4. The van der Waals surface area contributed by atoms with E-state index in [4.69, 9.17) is 0 Å². The molecule has 0 aromatic heterocycles. The fraction of sp³-hybridized carbons (Fsp3) is 0.500. The lowest BCUT2D eigenvalue weighted by molar-refractivity contribution is -0.135. The zero-order chi connectivity index (χ0) is 12.4. The molecule has 0 atom stereocenters. The Morgan fingerprint density at radius 3 is 2.71 bits per heavy atom. The number of hydrogen-bond donors (Lipinski definition) is 0. The van der Waals surface area contributed by atoms with E-state index in [2.05, 4.69) is 0 Å². The second-order valence-corrected chi connectivity index (χ2v) is 4.98. The smallest absolute Gasteiger partial charge is 0.225 e. The molecular weight excluding hydrogens is 217 g/mol. The number of nitrogens with zero attached hydrogens (tertiary/aromatic N) is 1. The van der Waals surface area contributed by atoms with Gasteiger partial charge in [0, 0.05) is 18.5 Å². The Labute approximate surface area is 101 Å². The van der Waals surface area contributed by atoms with Crippen molar-refractivity contribution in [1.82, 2.24) is 4.90 Å². The zero-order valence-corrected chi connectivity index (χ0v) is 10.3. The van der Waals surface area contributed by atoms with Crippen molar-refractivity contribution in [2.24, 2.45) is 5.92 Å². The van der Waals surface area contributed by atoms with Crippen molar-refractivity contribution in [2.75, 3.05) is 0 Å². The van der Waals surface area contributed by atoms with Crippen molar-refractivity contribution in [2.45, 2.75) is 39.3 Å². The van der Waals surface area contributed by atoms with E-state index in [0.717, 1.165) is 18.4 Å². The summed E-state index contributed by atoms with van der Waals surface area (Å²) in [6.45, 7) is 4.34. The van der Waals surface area contributed by atoms with Gasteiger partial charge in [0.05, 0.1) is 0 Å². The van der Waals surface area contributed by atoms with Gasteiger partial charge in [-0.3, -0.25) is 4.79 Å². The first-order valence-corrected chi connectivity index (χ1v) is 6.13. The largest absolute Gasteiger partial charge is 0.335 e. The van der Waals surface area contributed by atoms with E-state index in [1.807, 2.05) is 24.8 Å². The molecule has 2 rings (SSSR count). The molecule has 1 saturated carbocycles. The maximum atomic E-state index is 13.1. The molecule has 1 amide bonds. The molecule has 1 aromatic carbocycles. The van der Waals surface area contributed by atoms with Crippen molar-refractivity contribution in [1.29, 1.82) is 0 Å². The minimum Gasteiger partial charge on any atom is -0.335 e. The Bertz CT molecular complexity index is 412. The van der Waals surface area contributed by atoms with Gasteiger partial charge in [0.2, 0.25) is 5.91 Å². The van der Waals surface area contributed by atoms with E-state index in [1.165, 1.54) is 12.1 Å². The van der Waals surface area contributed by atoms with Gasteiger partial charge in [-0.05, 0) is 30.5 Å². The fourth-order valence-corrected chi connectivity index (χ4v) is 1.94. The minimum atomic E-state index is -0.241. The number of amides is 1. The third kappa shape index (κ3) is 3.05. The first kappa shape index (κ1) is 12.1. The summed E-state index contributed by atoms with van der Waals surface area (Å²) in [5.74, 6) is -0.0730. The van der Waals surface area contributed by atoms with Crippen LogP contribution in [0.2, 0.25) is 0 Å². The Hall–Kier alpha value is -1.38. The van der Waals surface area contributed by atoms with Gasteiger partial charge in [0.15, 0.2) is 0 Å².